The van der Waals surface area contributed by atoms with Crippen LogP contribution in [0.2, 0.25) is 0 Å². The van der Waals surface area contributed by atoms with Crippen molar-refractivity contribution in [1.82, 2.24) is 9.78 Å². The van der Waals surface area contributed by atoms with Crippen LogP contribution in [0.5, 0.6) is 0 Å². The van der Waals surface area contributed by atoms with E-state index in [0.717, 1.165) is 25.1 Å². The molecule has 0 amide bonds. The van der Waals surface area contributed by atoms with Crippen molar-refractivity contribution in [3.63, 3.8) is 0 Å². The number of rotatable bonds is 2. The van der Waals surface area contributed by atoms with Gasteiger partial charge in [0, 0.05) is 19.3 Å². The number of aryl methyl sites for hydroxylation is 2. The van der Waals surface area contributed by atoms with Crippen LogP contribution >= 0.6 is 11.8 Å². The summed E-state index contributed by atoms with van der Waals surface area (Å²) in [5.74, 6) is 1.15. The quantitative estimate of drug-likeness (QED) is 0.785. The minimum Gasteiger partial charge on any atom is -0.380 e. The van der Waals surface area contributed by atoms with E-state index in [9.17, 15) is 0 Å². The van der Waals surface area contributed by atoms with Gasteiger partial charge in [0.2, 0.25) is 0 Å². The minimum atomic E-state index is 1.07. The number of aromatic nitrogens is 2. The number of anilines is 1. The van der Waals surface area contributed by atoms with Gasteiger partial charge >= 0.3 is 0 Å². The molecule has 1 aromatic heterocycles. The third-order valence-electron chi connectivity index (χ3n) is 2.20. The molecule has 72 valence electrons. The summed E-state index contributed by atoms with van der Waals surface area (Å²) in [4.78, 5) is 0. The van der Waals surface area contributed by atoms with E-state index in [0.29, 0.717) is 0 Å². The summed E-state index contributed by atoms with van der Waals surface area (Å²) in [6.45, 7) is 3.26. The molecule has 0 atom stereocenters. The molecule has 0 aliphatic carbocycles. The van der Waals surface area contributed by atoms with Gasteiger partial charge in [-0.25, -0.2) is 0 Å². The predicted molar refractivity (Wildman–Crippen MR) is 56.4 cm³/mol. The molecule has 0 unspecified atom stereocenters. The fourth-order valence-electron chi connectivity index (χ4n) is 1.64. The zero-order chi connectivity index (χ0) is 9.26. The largest absolute Gasteiger partial charge is 0.380 e. The van der Waals surface area contributed by atoms with Gasteiger partial charge < -0.3 is 5.32 Å². The Morgan fingerprint density at radius 2 is 2.46 bits per heavy atom. The van der Waals surface area contributed by atoms with Crippen LogP contribution in [-0.4, -0.2) is 22.1 Å². The lowest BCUT2D eigenvalue weighted by molar-refractivity contribution is 0.681. The fraction of sp³-hybridized carbons (Fsp3) is 0.667. The van der Waals surface area contributed by atoms with E-state index in [-0.39, 0.29) is 0 Å². The van der Waals surface area contributed by atoms with Crippen molar-refractivity contribution in [1.29, 1.82) is 0 Å². The van der Waals surface area contributed by atoms with Gasteiger partial charge in [-0.2, -0.15) is 5.10 Å². The normalized spacial score (nSPS) is 15.2. The van der Waals surface area contributed by atoms with Crippen LogP contribution in [0, 0.1) is 0 Å². The summed E-state index contributed by atoms with van der Waals surface area (Å²) < 4.78 is 2.00. The Labute approximate surface area is 82.9 Å². The van der Waals surface area contributed by atoms with Crippen LogP contribution in [-0.2, 0) is 13.5 Å². The van der Waals surface area contributed by atoms with E-state index in [2.05, 4.69) is 17.3 Å². The van der Waals surface area contributed by atoms with Crippen molar-refractivity contribution in [3.8, 4) is 0 Å². The van der Waals surface area contributed by atoms with E-state index >= 15 is 0 Å². The lowest BCUT2D eigenvalue weighted by atomic mass is 10.2. The lowest BCUT2D eigenvalue weighted by Gasteiger charge is -2.14. The highest BCUT2D eigenvalue weighted by molar-refractivity contribution is 7.99. The van der Waals surface area contributed by atoms with Crippen LogP contribution in [0.15, 0.2) is 5.03 Å². The molecular formula is C9H15N3S. The zero-order valence-electron chi connectivity index (χ0n) is 8.13. The Balaban J connectivity index is 2.36. The van der Waals surface area contributed by atoms with E-state index in [1.165, 1.54) is 16.4 Å². The van der Waals surface area contributed by atoms with E-state index in [1.54, 1.807) is 0 Å². The van der Waals surface area contributed by atoms with Gasteiger partial charge in [-0.05, 0) is 6.42 Å². The van der Waals surface area contributed by atoms with Crippen LogP contribution in [0.3, 0.4) is 0 Å². The molecule has 0 bridgehead atoms. The first-order valence-electron chi connectivity index (χ1n) is 4.75. The SMILES string of the molecule is CCCc1nn(C)c2c1NCCS2. The maximum Gasteiger partial charge on any atom is 0.117 e. The van der Waals surface area contributed by atoms with Crippen molar-refractivity contribution < 1.29 is 0 Å². The second-order valence-corrected chi connectivity index (χ2v) is 4.36. The van der Waals surface area contributed by atoms with Crippen LogP contribution < -0.4 is 5.32 Å². The number of nitrogens with one attached hydrogen (secondary N) is 1. The molecule has 0 spiro atoms. The summed E-state index contributed by atoms with van der Waals surface area (Å²) in [6, 6.07) is 0. The predicted octanol–water partition coefficient (Wildman–Crippen LogP) is 1.89. The highest BCUT2D eigenvalue weighted by Gasteiger charge is 2.18. The number of hydrogen-bond donors (Lipinski definition) is 1. The zero-order valence-corrected chi connectivity index (χ0v) is 8.95. The van der Waals surface area contributed by atoms with Gasteiger partial charge in [0.1, 0.15) is 5.03 Å². The second kappa shape index (κ2) is 3.62. The van der Waals surface area contributed by atoms with Gasteiger partial charge in [0.25, 0.3) is 0 Å². The highest BCUT2D eigenvalue weighted by atomic mass is 32.2. The number of fused-ring (bicyclic) bond motifs is 1. The first kappa shape index (κ1) is 8.94. The molecule has 0 fully saturated rings. The Morgan fingerprint density at radius 3 is 3.23 bits per heavy atom. The third-order valence-corrected chi connectivity index (χ3v) is 3.35. The fourth-order valence-corrected chi connectivity index (χ4v) is 2.60. The molecule has 13 heavy (non-hydrogen) atoms. The molecule has 1 aliphatic rings. The average molecular weight is 197 g/mol. The molecule has 3 nitrogen and oxygen atoms in total. The standard InChI is InChI=1S/C9H15N3S/c1-3-4-7-8-9(12(2)11-7)13-6-5-10-8/h10H,3-6H2,1-2H3. The molecule has 2 rings (SSSR count). The molecule has 0 saturated heterocycles. The molecule has 1 N–H and O–H groups in total. The Kier molecular flexibility index (Phi) is 2.49. The van der Waals surface area contributed by atoms with Crippen molar-refractivity contribution in [3.05, 3.63) is 5.69 Å². The van der Waals surface area contributed by atoms with Crippen molar-refractivity contribution >= 4 is 17.4 Å². The summed E-state index contributed by atoms with van der Waals surface area (Å²) in [7, 11) is 2.03. The second-order valence-electron chi connectivity index (χ2n) is 3.28. The lowest BCUT2D eigenvalue weighted by Crippen LogP contribution is -2.11. The number of nitrogens with zero attached hydrogens (tertiary/aromatic N) is 2. The van der Waals surface area contributed by atoms with Gasteiger partial charge in [0.05, 0.1) is 11.4 Å². The highest BCUT2D eigenvalue weighted by Crippen LogP contribution is 2.33. The maximum absolute atomic E-state index is 4.52. The van der Waals surface area contributed by atoms with E-state index < -0.39 is 0 Å². The molecule has 1 aromatic rings. The van der Waals surface area contributed by atoms with Crippen LogP contribution in [0.25, 0.3) is 0 Å². The number of thioether (sulfide) groups is 1. The van der Waals surface area contributed by atoms with Gasteiger partial charge in [-0.1, -0.05) is 13.3 Å². The van der Waals surface area contributed by atoms with E-state index in [1.807, 2.05) is 23.5 Å². The average Bonchev–Trinajstić information content (AvgIpc) is 2.46. The Hall–Kier alpha value is -0.640. The van der Waals surface area contributed by atoms with Gasteiger partial charge in [-0.15, -0.1) is 11.8 Å². The Bertz CT molecular complexity index is 306. The van der Waals surface area contributed by atoms with Crippen molar-refractivity contribution in [2.45, 2.75) is 24.8 Å². The summed E-state index contributed by atoms with van der Waals surface area (Å²) >= 11 is 1.90. The van der Waals surface area contributed by atoms with Crippen LogP contribution in [0.1, 0.15) is 19.0 Å². The maximum atomic E-state index is 4.52. The molecule has 2 heterocycles. The monoisotopic (exact) mass is 197 g/mol. The first-order chi connectivity index (χ1) is 6.33. The molecule has 0 radical (unpaired) electrons. The molecule has 4 heteroatoms. The first-order valence-corrected chi connectivity index (χ1v) is 5.74. The number of hydrogen-bond acceptors (Lipinski definition) is 3. The molecule has 1 aliphatic heterocycles. The van der Waals surface area contributed by atoms with Crippen molar-refractivity contribution in [2.24, 2.45) is 7.05 Å². The topological polar surface area (TPSA) is 29.9 Å². The van der Waals surface area contributed by atoms with Gasteiger partial charge in [0.15, 0.2) is 0 Å². The summed E-state index contributed by atoms with van der Waals surface area (Å²) in [6.07, 6.45) is 2.24. The minimum absolute atomic E-state index is 1.07. The van der Waals surface area contributed by atoms with Crippen molar-refractivity contribution in [2.75, 3.05) is 17.6 Å². The molecule has 0 saturated carbocycles. The Morgan fingerprint density at radius 1 is 1.62 bits per heavy atom. The van der Waals surface area contributed by atoms with E-state index in [4.69, 9.17) is 0 Å². The molecule has 0 aromatic carbocycles. The summed E-state index contributed by atoms with van der Waals surface area (Å²) in [5.41, 5.74) is 2.51. The third kappa shape index (κ3) is 1.55. The summed E-state index contributed by atoms with van der Waals surface area (Å²) in [5, 5.41) is 9.25. The van der Waals surface area contributed by atoms with Crippen LogP contribution in [0.4, 0.5) is 5.69 Å². The molecular weight excluding hydrogens is 182 g/mol. The smallest absolute Gasteiger partial charge is 0.117 e. The van der Waals surface area contributed by atoms with Gasteiger partial charge in [-0.3, -0.25) is 4.68 Å².